The number of aliphatic hydroxyl groups is 2. The lowest BCUT2D eigenvalue weighted by Crippen LogP contribution is -2.34. The quantitative estimate of drug-likeness (QED) is 0.231. The first kappa shape index (κ1) is 29.7. The van der Waals surface area contributed by atoms with Crippen molar-refractivity contribution in [3.05, 3.63) is 89.5 Å². The molecule has 0 unspecified atom stereocenters. The van der Waals surface area contributed by atoms with Gasteiger partial charge in [-0.1, -0.05) is 67.1 Å². The third-order valence-corrected chi connectivity index (χ3v) is 8.30. The molecule has 40 heavy (non-hydrogen) atoms. The minimum absolute atomic E-state index is 0.0279. The summed E-state index contributed by atoms with van der Waals surface area (Å²) in [5, 5.41) is 22.6. The number of rotatable bonds is 13. The summed E-state index contributed by atoms with van der Waals surface area (Å²) in [5.41, 5.74) is 3.99. The van der Waals surface area contributed by atoms with Crippen LogP contribution in [-0.4, -0.2) is 56.1 Å². The average molecular weight is 567 g/mol. The Kier molecular flexibility index (Phi) is 10.7. The SMILES string of the molecule is O=C(NS(=O)(=O)CCO)c1ccc(-c2ccc(CCNC[C@@H](O)c3ccccc3)cc2)cc1OC1CCCCC1. The predicted molar refractivity (Wildman–Crippen MR) is 156 cm³/mol. The van der Waals surface area contributed by atoms with Crippen LogP contribution in [-0.2, 0) is 16.4 Å². The second kappa shape index (κ2) is 14.4. The van der Waals surface area contributed by atoms with E-state index in [2.05, 4.69) is 5.32 Å². The third kappa shape index (κ3) is 8.63. The van der Waals surface area contributed by atoms with Crippen LogP contribution in [0.3, 0.4) is 0 Å². The highest BCUT2D eigenvalue weighted by atomic mass is 32.2. The van der Waals surface area contributed by atoms with E-state index in [0.717, 1.165) is 67.3 Å². The number of hydrogen-bond donors (Lipinski definition) is 4. The van der Waals surface area contributed by atoms with Crippen LogP contribution < -0.4 is 14.8 Å². The maximum atomic E-state index is 12.9. The van der Waals surface area contributed by atoms with Gasteiger partial charge in [0.15, 0.2) is 0 Å². The fourth-order valence-corrected chi connectivity index (χ4v) is 5.58. The molecule has 8 nitrogen and oxygen atoms in total. The number of nitrogens with one attached hydrogen (secondary N) is 2. The number of ether oxygens (including phenoxy) is 1. The minimum Gasteiger partial charge on any atom is -0.490 e. The van der Waals surface area contributed by atoms with Crippen molar-refractivity contribution in [1.82, 2.24) is 10.0 Å². The van der Waals surface area contributed by atoms with Crippen LogP contribution in [0.2, 0.25) is 0 Å². The Morgan fingerprint density at radius 3 is 2.35 bits per heavy atom. The molecule has 9 heteroatoms. The van der Waals surface area contributed by atoms with Gasteiger partial charge >= 0.3 is 0 Å². The van der Waals surface area contributed by atoms with Crippen LogP contribution in [0.1, 0.15) is 59.7 Å². The van der Waals surface area contributed by atoms with Gasteiger partial charge in [-0.2, -0.15) is 0 Å². The number of amides is 1. The first-order valence-corrected chi connectivity index (χ1v) is 15.5. The molecule has 3 aromatic carbocycles. The lowest BCUT2D eigenvalue weighted by molar-refractivity contribution is 0.0969. The van der Waals surface area contributed by atoms with Crippen molar-refractivity contribution < 1.29 is 28.2 Å². The summed E-state index contributed by atoms with van der Waals surface area (Å²) in [4.78, 5) is 12.9. The Morgan fingerprint density at radius 1 is 0.950 bits per heavy atom. The van der Waals surface area contributed by atoms with E-state index in [9.17, 15) is 18.3 Å². The lowest BCUT2D eigenvalue weighted by Gasteiger charge is -2.24. The second-order valence-corrected chi connectivity index (χ2v) is 12.0. The first-order chi connectivity index (χ1) is 19.3. The summed E-state index contributed by atoms with van der Waals surface area (Å²) in [6.45, 7) is 0.632. The highest BCUT2D eigenvalue weighted by Gasteiger charge is 2.23. The van der Waals surface area contributed by atoms with Gasteiger partial charge in [0.1, 0.15) is 5.75 Å². The third-order valence-electron chi connectivity index (χ3n) is 7.08. The molecule has 0 aromatic heterocycles. The van der Waals surface area contributed by atoms with Crippen LogP contribution >= 0.6 is 0 Å². The maximum absolute atomic E-state index is 12.9. The van der Waals surface area contributed by atoms with Gasteiger partial charge in [0.05, 0.1) is 30.1 Å². The van der Waals surface area contributed by atoms with Gasteiger partial charge in [0, 0.05) is 6.54 Å². The number of sulfonamides is 1. The van der Waals surface area contributed by atoms with E-state index < -0.39 is 34.4 Å². The van der Waals surface area contributed by atoms with Crippen molar-refractivity contribution in [3.8, 4) is 16.9 Å². The Hall–Kier alpha value is -3.24. The van der Waals surface area contributed by atoms with Crippen molar-refractivity contribution in [2.75, 3.05) is 25.4 Å². The zero-order valence-corrected chi connectivity index (χ0v) is 23.4. The van der Waals surface area contributed by atoms with Crippen LogP contribution in [0.4, 0.5) is 0 Å². The Morgan fingerprint density at radius 2 is 1.65 bits per heavy atom. The second-order valence-electron chi connectivity index (χ2n) is 10.1. The van der Waals surface area contributed by atoms with Crippen LogP contribution in [0, 0.1) is 0 Å². The van der Waals surface area contributed by atoms with E-state index in [1.54, 1.807) is 18.2 Å². The molecule has 4 rings (SSSR count). The van der Waals surface area contributed by atoms with Gasteiger partial charge < -0.3 is 20.3 Å². The molecule has 0 radical (unpaired) electrons. The van der Waals surface area contributed by atoms with Crippen molar-refractivity contribution in [2.24, 2.45) is 0 Å². The summed E-state index contributed by atoms with van der Waals surface area (Å²) < 4.78 is 32.4. The number of carbonyl (C=O) groups is 1. The first-order valence-electron chi connectivity index (χ1n) is 13.8. The Labute approximate surface area is 236 Å². The number of carbonyl (C=O) groups excluding carboxylic acids is 1. The molecule has 1 saturated carbocycles. The van der Waals surface area contributed by atoms with Crippen molar-refractivity contribution in [2.45, 2.75) is 50.7 Å². The minimum atomic E-state index is -3.95. The molecular formula is C31H38N2O6S. The number of hydrogen-bond acceptors (Lipinski definition) is 7. The summed E-state index contributed by atoms with van der Waals surface area (Å²) >= 11 is 0. The van der Waals surface area contributed by atoms with E-state index >= 15 is 0 Å². The number of benzene rings is 3. The molecule has 0 bridgehead atoms. The zero-order chi connectivity index (χ0) is 28.4. The predicted octanol–water partition coefficient (Wildman–Crippen LogP) is 3.98. The topological polar surface area (TPSA) is 125 Å². The Bertz CT molecular complexity index is 1340. The van der Waals surface area contributed by atoms with E-state index in [4.69, 9.17) is 9.84 Å². The van der Waals surface area contributed by atoms with E-state index in [1.165, 1.54) is 0 Å². The summed E-state index contributed by atoms with van der Waals surface area (Å²) in [5.74, 6) is -0.970. The lowest BCUT2D eigenvalue weighted by atomic mass is 9.97. The fraction of sp³-hybridized carbons (Fsp3) is 0.387. The van der Waals surface area contributed by atoms with Gasteiger partial charge in [-0.25, -0.2) is 13.1 Å². The molecule has 0 heterocycles. The molecule has 4 N–H and O–H groups in total. The van der Waals surface area contributed by atoms with E-state index in [0.29, 0.717) is 12.3 Å². The Balaban J connectivity index is 1.42. The highest BCUT2D eigenvalue weighted by molar-refractivity contribution is 7.90. The summed E-state index contributed by atoms with van der Waals surface area (Å²) in [6, 6.07) is 22.9. The molecule has 0 saturated heterocycles. The standard InChI is InChI=1S/C31H38N2O6S/c34-19-20-40(37,38)33-31(36)28-16-15-26(21-30(28)39-27-9-5-2-6-10-27)24-13-11-23(12-14-24)17-18-32-22-29(35)25-7-3-1-4-8-25/h1,3-4,7-8,11-16,21,27,29,32,34-35H,2,5-6,9-10,17-20,22H2,(H,33,36)/t29-/m1/s1. The average Bonchev–Trinajstić information content (AvgIpc) is 2.96. The summed E-state index contributed by atoms with van der Waals surface area (Å²) in [7, 11) is -3.95. The van der Waals surface area contributed by atoms with Crippen molar-refractivity contribution >= 4 is 15.9 Å². The van der Waals surface area contributed by atoms with Crippen LogP contribution in [0.25, 0.3) is 11.1 Å². The molecule has 1 atom stereocenters. The van der Waals surface area contributed by atoms with Crippen LogP contribution in [0.15, 0.2) is 72.8 Å². The van der Waals surface area contributed by atoms with Gasteiger partial charge in [-0.15, -0.1) is 0 Å². The highest BCUT2D eigenvalue weighted by Crippen LogP contribution is 2.31. The van der Waals surface area contributed by atoms with Gasteiger partial charge in [0.25, 0.3) is 5.91 Å². The molecule has 0 aliphatic heterocycles. The normalized spacial score (nSPS) is 14.9. The van der Waals surface area contributed by atoms with E-state index in [-0.39, 0.29) is 11.7 Å². The molecule has 1 aliphatic carbocycles. The smallest absolute Gasteiger partial charge is 0.268 e. The van der Waals surface area contributed by atoms with Gasteiger partial charge in [-0.05, 0) is 73.0 Å². The zero-order valence-electron chi connectivity index (χ0n) is 22.6. The monoisotopic (exact) mass is 566 g/mol. The summed E-state index contributed by atoms with van der Waals surface area (Å²) in [6.07, 6.45) is 5.27. The van der Waals surface area contributed by atoms with Crippen LogP contribution in [0.5, 0.6) is 5.75 Å². The fourth-order valence-electron chi connectivity index (χ4n) is 4.85. The maximum Gasteiger partial charge on any atom is 0.268 e. The molecule has 1 amide bonds. The molecule has 0 spiro atoms. The van der Waals surface area contributed by atoms with Gasteiger partial charge in [-0.3, -0.25) is 4.79 Å². The molecule has 1 fully saturated rings. The largest absolute Gasteiger partial charge is 0.490 e. The molecule has 3 aromatic rings. The van der Waals surface area contributed by atoms with Gasteiger partial charge in [0.2, 0.25) is 10.0 Å². The van der Waals surface area contributed by atoms with Crippen molar-refractivity contribution in [1.29, 1.82) is 0 Å². The van der Waals surface area contributed by atoms with Crippen molar-refractivity contribution in [3.63, 3.8) is 0 Å². The van der Waals surface area contributed by atoms with E-state index in [1.807, 2.05) is 59.3 Å². The number of aliphatic hydroxyl groups excluding tert-OH is 2. The molecular weight excluding hydrogens is 528 g/mol. The molecule has 1 aliphatic rings. The molecule has 214 valence electrons.